The maximum Gasteiger partial charge on any atom is 0.326 e. The zero-order chi connectivity index (χ0) is 15.5. The van der Waals surface area contributed by atoms with Gasteiger partial charge in [-0.05, 0) is 24.8 Å². The molecule has 0 aromatic heterocycles. The van der Waals surface area contributed by atoms with Gasteiger partial charge in [0.05, 0.1) is 5.41 Å². The number of aliphatic carboxylic acids is 1. The first-order valence-corrected chi connectivity index (χ1v) is 6.83. The van der Waals surface area contributed by atoms with Crippen molar-refractivity contribution in [3.63, 3.8) is 0 Å². The van der Waals surface area contributed by atoms with E-state index in [9.17, 15) is 14.4 Å². The molecule has 0 saturated heterocycles. The monoisotopic (exact) mass is 290 g/mol. The molecule has 0 radical (unpaired) electrons. The first-order chi connectivity index (χ1) is 9.95. The Balaban J connectivity index is 2.05. The second kappa shape index (κ2) is 5.95. The maximum absolute atomic E-state index is 12.4. The van der Waals surface area contributed by atoms with Crippen molar-refractivity contribution in [1.82, 2.24) is 5.32 Å². The predicted molar refractivity (Wildman–Crippen MR) is 75.3 cm³/mol. The minimum atomic E-state index is -1.16. The van der Waals surface area contributed by atoms with Crippen LogP contribution < -0.4 is 11.1 Å². The van der Waals surface area contributed by atoms with Gasteiger partial charge in [-0.1, -0.05) is 30.3 Å². The van der Waals surface area contributed by atoms with Gasteiger partial charge in [0.15, 0.2) is 0 Å². The van der Waals surface area contributed by atoms with Crippen molar-refractivity contribution < 1.29 is 19.5 Å². The van der Waals surface area contributed by atoms with Crippen molar-refractivity contribution in [2.45, 2.75) is 37.1 Å². The Morgan fingerprint density at radius 1 is 1.24 bits per heavy atom. The lowest BCUT2D eigenvalue weighted by Crippen LogP contribution is -2.46. The summed E-state index contributed by atoms with van der Waals surface area (Å²) in [7, 11) is 0. The van der Waals surface area contributed by atoms with Crippen LogP contribution in [0, 0.1) is 0 Å². The number of benzene rings is 1. The largest absolute Gasteiger partial charge is 0.480 e. The van der Waals surface area contributed by atoms with E-state index >= 15 is 0 Å². The predicted octanol–water partition coefficient (Wildman–Crippen LogP) is 0.553. The number of carboxylic acids is 1. The molecule has 0 heterocycles. The highest BCUT2D eigenvalue weighted by atomic mass is 16.4. The Hall–Kier alpha value is -2.37. The summed E-state index contributed by atoms with van der Waals surface area (Å²) in [6, 6.07) is 8.21. The molecule has 6 nitrogen and oxygen atoms in total. The van der Waals surface area contributed by atoms with Crippen molar-refractivity contribution in [2.24, 2.45) is 5.73 Å². The Morgan fingerprint density at radius 3 is 2.33 bits per heavy atom. The van der Waals surface area contributed by atoms with E-state index in [4.69, 9.17) is 10.8 Å². The molecule has 2 amide bonds. The number of hydrogen-bond acceptors (Lipinski definition) is 3. The first-order valence-electron chi connectivity index (χ1n) is 6.83. The van der Waals surface area contributed by atoms with Crippen molar-refractivity contribution in [3.8, 4) is 0 Å². The lowest BCUT2D eigenvalue weighted by molar-refractivity contribution is -0.142. The maximum atomic E-state index is 12.4. The van der Waals surface area contributed by atoms with E-state index in [0.717, 1.165) is 5.56 Å². The Labute approximate surface area is 122 Å². The smallest absolute Gasteiger partial charge is 0.326 e. The fourth-order valence-electron chi connectivity index (χ4n) is 2.37. The molecular formula is C15H18N2O4. The van der Waals surface area contributed by atoms with E-state index < -0.39 is 23.3 Å². The van der Waals surface area contributed by atoms with Gasteiger partial charge >= 0.3 is 5.97 Å². The number of amides is 2. The minimum Gasteiger partial charge on any atom is -0.480 e. The SMILES string of the molecule is NC(=O)CC[C@H](NC(=O)C1(c2ccccc2)CC1)C(=O)O. The standard InChI is InChI=1S/C15H18N2O4/c16-12(18)7-6-11(13(19)20)17-14(21)15(8-9-15)10-4-2-1-3-5-10/h1-5,11H,6-9H2,(H2,16,18)(H,17,21)(H,19,20)/t11-/m0/s1. The van der Waals surface area contributed by atoms with E-state index in [1.165, 1.54) is 0 Å². The zero-order valence-electron chi connectivity index (χ0n) is 11.5. The third kappa shape index (κ3) is 3.39. The fourth-order valence-corrected chi connectivity index (χ4v) is 2.37. The van der Waals surface area contributed by atoms with Crippen molar-refractivity contribution >= 4 is 17.8 Å². The second-order valence-corrected chi connectivity index (χ2v) is 5.32. The highest BCUT2D eigenvalue weighted by molar-refractivity contribution is 5.94. The highest BCUT2D eigenvalue weighted by Gasteiger charge is 2.51. The van der Waals surface area contributed by atoms with Crippen LogP contribution in [-0.4, -0.2) is 28.9 Å². The molecule has 1 aromatic rings. The van der Waals surface area contributed by atoms with Gasteiger partial charge in [-0.3, -0.25) is 9.59 Å². The van der Waals surface area contributed by atoms with Gasteiger partial charge in [0, 0.05) is 6.42 Å². The molecule has 6 heteroatoms. The van der Waals surface area contributed by atoms with E-state index in [1.54, 1.807) is 0 Å². The summed E-state index contributed by atoms with van der Waals surface area (Å²) in [5.74, 6) is -2.04. The number of rotatable bonds is 7. The average Bonchev–Trinajstić information content (AvgIpc) is 3.25. The quantitative estimate of drug-likeness (QED) is 0.681. The number of hydrogen-bond donors (Lipinski definition) is 3. The molecule has 2 rings (SSSR count). The summed E-state index contributed by atoms with van der Waals surface area (Å²) < 4.78 is 0. The van der Waals surface area contributed by atoms with Gasteiger partial charge in [-0.25, -0.2) is 4.79 Å². The molecule has 0 spiro atoms. The number of primary amides is 1. The molecule has 0 bridgehead atoms. The van der Waals surface area contributed by atoms with Crippen molar-refractivity contribution in [1.29, 1.82) is 0 Å². The van der Waals surface area contributed by atoms with Crippen LogP contribution in [0.25, 0.3) is 0 Å². The van der Waals surface area contributed by atoms with Crippen LogP contribution in [0.4, 0.5) is 0 Å². The number of nitrogens with one attached hydrogen (secondary N) is 1. The summed E-state index contributed by atoms with van der Waals surface area (Å²) in [4.78, 5) is 34.3. The highest BCUT2D eigenvalue weighted by Crippen LogP contribution is 2.48. The normalized spacial score (nSPS) is 16.8. The van der Waals surface area contributed by atoms with E-state index in [0.29, 0.717) is 12.8 Å². The lowest BCUT2D eigenvalue weighted by atomic mass is 9.94. The van der Waals surface area contributed by atoms with Gasteiger partial charge in [-0.2, -0.15) is 0 Å². The van der Waals surface area contributed by atoms with Crippen LogP contribution in [0.1, 0.15) is 31.2 Å². The molecular weight excluding hydrogens is 272 g/mol. The third-order valence-corrected chi connectivity index (χ3v) is 3.79. The molecule has 1 atom stereocenters. The Bertz CT molecular complexity index is 552. The summed E-state index contributed by atoms with van der Waals surface area (Å²) >= 11 is 0. The fraction of sp³-hybridized carbons (Fsp3) is 0.400. The number of nitrogens with two attached hydrogens (primary N) is 1. The number of carbonyl (C=O) groups excluding carboxylic acids is 2. The third-order valence-electron chi connectivity index (χ3n) is 3.79. The molecule has 0 unspecified atom stereocenters. The lowest BCUT2D eigenvalue weighted by Gasteiger charge is -2.19. The van der Waals surface area contributed by atoms with Gasteiger partial charge in [0.1, 0.15) is 6.04 Å². The summed E-state index contributed by atoms with van der Waals surface area (Å²) in [6.45, 7) is 0. The van der Waals surface area contributed by atoms with Crippen LogP contribution in [-0.2, 0) is 19.8 Å². The van der Waals surface area contributed by atoms with Gasteiger partial charge in [0.25, 0.3) is 0 Å². The molecule has 1 aliphatic rings. The number of carbonyl (C=O) groups is 3. The van der Waals surface area contributed by atoms with Crippen molar-refractivity contribution in [2.75, 3.05) is 0 Å². The Kier molecular flexibility index (Phi) is 4.26. The summed E-state index contributed by atoms with van der Waals surface area (Å²) in [5, 5.41) is 11.7. The van der Waals surface area contributed by atoms with Gasteiger partial charge < -0.3 is 16.2 Å². The van der Waals surface area contributed by atoms with Gasteiger partial charge in [-0.15, -0.1) is 0 Å². The molecule has 1 fully saturated rings. The Morgan fingerprint density at radius 2 is 1.86 bits per heavy atom. The van der Waals surface area contributed by atoms with Crippen LogP contribution in [0.2, 0.25) is 0 Å². The summed E-state index contributed by atoms with van der Waals surface area (Å²) in [6.07, 6.45) is 1.33. The summed E-state index contributed by atoms with van der Waals surface area (Å²) in [5.41, 5.74) is 5.28. The topological polar surface area (TPSA) is 109 Å². The molecule has 1 saturated carbocycles. The molecule has 1 aromatic carbocycles. The van der Waals surface area contributed by atoms with Crippen LogP contribution >= 0.6 is 0 Å². The molecule has 21 heavy (non-hydrogen) atoms. The van der Waals surface area contributed by atoms with E-state index in [1.807, 2.05) is 30.3 Å². The van der Waals surface area contributed by atoms with E-state index in [-0.39, 0.29) is 18.7 Å². The van der Waals surface area contributed by atoms with Crippen LogP contribution in [0.15, 0.2) is 30.3 Å². The molecule has 4 N–H and O–H groups in total. The van der Waals surface area contributed by atoms with Crippen LogP contribution in [0.3, 0.4) is 0 Å². The molecule has 112 valence electrons. The first kappa shape index (κ1) is 15.0. The zero-order valence-corrected chi connectivity index (χ0v) is 11.5. The van der Waals surface area contributed by atoms with Crippen molar-refractivity contribution in [3.05, 3.63) is 35.9 Å². The molecule has 1 aliphatic carbocycles. The second-order valence-electron chi connectivity index (χ2n) is 5.32. The average molecular weight is 290 g/mol. The molecule has 0 aliphatic heterocycles. The van der Waals surface area contributed by atoms with Gasteiger partial charge in [0.2, 0.25) is 11.8 Å². The van der Waals surface area contributed by atoms with Crippen LogP contribution in [0.5, 0.6) is 0 Å². The number of carboxylic acid groups (broad SMARTS) is 1. The van der Waals surface area contributed by atoms with E-state index in [2.05, 4.69) is 5.32 Å². The minimum absolute atomic E-state index is 0.00127.